The molecule has 186 valence electrons. The largest absolute Gasteiger partial charge is 0.368 e. The Balaban J connectivity index is 1.24. The van der Waals surface area contributed by atoms with Crippen molar-refractivity contribution in [1.29, 1.82) is 0 Å². The van der Waals surface area contributed by atoms with E-state index in [-0.39, 0.29) is 11.7 Å². The Morgan fingerprint density at radius 2 is 2.06 bits per heavy atom. The number of benzene rings is 1. The molecule has 0 radical (unpaired) electrons. The summed E-state index contributed by atoms with van der Waals surface area (Å²) in [5.41, 5.74) is 1.73. The van der Waals surface area contributed by atoms with Gasteiger partial charge in [0, 0.05) is 55.6 Å². The summed E-state index contributed by atoms with van der Waals surface area (Å²) in [5, 5.41) is 6.25. The number of likely N-dealkylation sites (N-methyl/N-ethyl adjacent to an activating group) is 1. The molecule has 1 saturated carbocycles. The predicted octanol–water partition coefficient (Wildman–Crippen LogP) is 3.06. The van der Waals surface area contributed by atoms with Gasteiger partial charge in [-0.1, -0.05) is 12.8 Å². The van der Waals surface area contributed by atoms with E-state index in [1.54, 1.807) is 0 Å². The average Bonchev–Trinajstić information content (AvgIpc) is 3.62. The van der Waals surface area contributed by atoms with Crippen LogP contribution >= 0.6 is 0 Å². The van der Waals surface area contributed by atoms with Gasteiger partial charge in [-0.15, -0.1) is 0 Å². The first kappa shape index (κ1) is 22.5. The van der Waals surface area contributed by atoms with Crippen molar-refractivity contribution >= 4 is 29.0 Å². The molecule has 6 rings (SSSR count). The minimum atomic E-state index is -0.543. The zero-order valence-corrected chi connectivity index (χ0v) is 20.6. The number of halogens is 1. The van der Waals surface area contributed by atoms with E-state index in [1.165, 1.54) is 18.9 Å². The number of amides is 1. The lowest BCUT2D eigenvalue weighted by Gasteiger charge is -2.38. The first-order valence-corrected chi connectivity index (χ1v) is 12.9. The van der Waals surface area contributed by atoms with Gasteiger partial charge in [0.1, 0.15) is 17.2 Å². The fraction of sp³-hybridized carbons (Fsp3) is 0.577. The van der Waals surface area contributed by atoms with Crippen LogP contribution in [-0.4, -0.2) is 72.1 Å². The van der Waals surface area contributed by atoms with Crippen molar-refractivity contribution in [2.75, 3.05) is 48.8 Å². The third kappa shape index (κ3) is 3.80. The van der Waals surface area contributed by atoms with Gasteiger partial charge in [0.2, 0.25) is 11.9 Å². The molecule has 3 fully saturated rings. The second-order valence-electron chi connectivity index (χ2n) is 10.7. The van der Waals surface area contributed by atoms with Crippen LogP contribution in [0.3, 0.4) is 0 Å². The fourth-order valence-corrected chi connectivity index (χ4v) is 6.49. The standard InChI is InChI=1S/C26H34FN7O/c1-32(2)20-9-12-33(16-20)22-8-7-18(13-21(22)27)30-25-29-15-17-14-26(10-11-28-24(26)35)34(23(17)31-25)19-5-3-4-6-19/h7-8,13,15,19-20H,3-6,9-12,14,16H2,1-2H3,(H,28,35)(H,29,30,31)/t20-,26?/m1/s1. The Bertz CT molecular complexity index is 1130. The van der Waals surface area contributed by atoms with E-state index in [9.17, 15) is 4.79 Å². The smallest absolute Gasteiger partial charge is 0.246 e. The molecule has 2 saturated heterocycles. The van der Waals surface area contributed by atoms with E-state index in [4.69, 9.17) is 4.98 Å². The van der Waals surface area contributed by atoms with Gasteiger partial charge in [0.25, 0.3) is 0 Å². The lowest BCUT2D eigenvalue weighted by Crippen LogP contribution is -2.56. The molecule has 1 aromatic heterocycles. The van der Waals surface area contributed by atoms with Gasteiger partial charge in [-0.2, -0.15) is 4.98 Å². The highest BCUT2D eigenvalue weighted by atomic mass is 19.1. The minimum absolute atomic E-state index is 0.105. The highest BCUT2D eigenvalue weighted by Gasteiger charge is 2.55. The molecular weight excluding hydrogens is 445 g/mol. The average molecular weight is 480 g/mol. The topological polar surface area (TPSA) is 76.6 Å². The van der Waals surface area contributed by atoms with Crippen LogP contribution in [0.25, 0.3) is 0 Å². The molecule has 1 aromatic carbocycles. The zero-order valence-electron chi connectivity index (χ0n) is 20.6. The molecule has 35 heavy (non-hydrogen) atoms. The van der Waals surface area contributed by atoms with Gasteiger partial charge in [-0.05, 0) is 58.0 Å². The summed E-state index contributed by atoms with van der Waals surface area (Å²) in [4.78, 5) is 29.0. The van der Waals surface area contributed by atoms with E-state index in [1.807, 2.05) is 18.3 Å². The quantitative estimate of drug-likeness (QED) is 0.683. The second-order valence-corrected chi connectivity index (χ2v) is 10.7. The maximum absolute atomic E-state index is 15.1. The molecule has 1 aliphatic carbocycles. The molecule has 2 N–H and O–H groups in total. The molecule has 1 amide bonds. The van der Waals surface area contributed by atoms with Gasteiger partial charge in [-0.3, -0.25) is 4.79 Å². The van der Waals surface area contributed by atoms with E-state index in [0.29, 0.717) is 42.4 Å². The summed E-state index contributed by atoms with van der Waals surface area (Å²) in [6.07, 6.45) is 8.84. The summed E-state index contributed by atoms with van der Waals surface area (Å²) in [7, 11) is 4.14. The number of aromatic nitrogens is 2. The van der Waals surface area contributed by atoms with Crippen LogP contribution in [0.1, 0.15) is 44.1 Å². The Labute approximate surface area is 205 Å². The molecule has 4 heterocycles. The maximum atomic E-state index is 15.1. The molecule has 1 spiro atoms. The van der Waals surface area contributed by atoms with Crippen molar-refractivity contribution in [2.24, 2.45) is 0 Å². The van der Waals surface area contributed by atoms with Gasteiger partial charge in [-0.25, -0.2) is 9.37 Å². The van der Waals surface area contributed by atoms with Crippen LogP contribution in [0.2, 0.25) is 0 Å². The third-order valence-electron chi connectivity index (χ3n) is 8.39. The Kier molecular flexibility index (Phi) is 5.55. The molecule has 0 bridgehead atoms. The summed E-state index contributed by atoms with van der Waals surface area (Å²) in [6, 6.07) is 6.02. The van der Waals surface area contributed by atoms with Crippen molar-refractivity contribution < 1.29 is 9.18 Å². The number of hydrogen-bond donors (Lipinski definition) is 2. The molecule has 3 aliphatic heterocycles. The van der Waals surface area contributed by atoms with Crippen LogP contribution in [0.15, 0.2) is 24.4 Å². The van der Waals surface area contributed by atoms with Gasteiger partial charge >= 0.3 is 0 Å². The minimum Gasteiger partial charge on any atom is -0.368 e. The van der Waals surface area contributed by atoms with Gasteiger partial charge in [0.05, 0.1) is 5.69 Å². The first-order chi connectivity index (χ1) is 16.9. The first-order valence-electron chi connectivity index (χ1n) is 12.9. The SMILES string of the molecule is CN(C)[C@@H]1CCN(c2ccc(Nc3ncc4c(n3)N(C3CCCC3)C3(CCNC3=O)C4)cc2F)C1. The third-order valence-corrected chi connectivity index (χ3v) is 8.39. The Morgan fingerprint density at radius 3 is 2.74 bits per heavy atom. The molecule has 2 atom stereocenters. The van der Waals surface area contributed by atoms with Gasteiger partial charge in [0.15, 0.2) is 0 Å². The number of rotatable bonds is 5. The number of fused-ring (bicyclic) bond motifs is 1. The molecule has 4 aliphatic rings. The number of nitrogens with zero attached hydrogens (tertiary/aromatic N) is 5. The zero-order chi connectivity index (χ0) is 24.2. The Hall–Kier alpha value is -2.94. The van der Waals surface area contributed by atoms with Crippen molar-refractivity contribution in [3.63, 3.8) is 0 Å². The van der Waals surface area contributed by atoms with Crippen LogP contribution in [0.5, 0.6) is 0 Å². The number of hydrogen-bond acceptors (Lipinski definition) is 7. The lowest BCUT2D eigenvalue weighted by atomic mass is 9.91. The van der Waals surface area contributed by atoms with Crippen LogP contribution < -0.4 is 20.4 Å². The van der Waals surface area contributed by atoms with E-state index >= 15 is 4.39 Å². The lowest BCUT2D eigenvalue weighted by molar-refractivity contribution is -0.123. The number of carbonyl (C=O) groups excluding carboxylic acids is 1. The monoisotopic (exact) mass is 479 g/mol. The number of anilines is 4. The predicted molar refractivity (Wildman–Crippen MR) is 135 cm³/mol. The van der Waals surface area contributed by atoms with Crippen LogP contribution in [0.4, 0.5) is 27.5 Å². The molecule has 2 aromatic rings. The van der Waals surface area contributed by atoms with Crippen molar-refractivity contribution in [2.45, 2.75) is 62.6 Å². The molecule has 1 unspecified atom stereocenters. The highest BCUT2D eigenvalue weighted by molar-refractivity contribution is 5.94. The number of carbonyl (C=O) groups is 1. The summed E-state index contributed by atoms with van der Waals surface area (Å²) >= 11 is 0. The fourth-order valence-electron chi connectivity index (χ4n) is 6.49. The van der Waals surface area contributed by atoms with E-state index < -0.39 is 5.54 Å². The van der Waals surface area contributed by atoms with Crippen LogP contribution in [0, 0.1) is 5.82 Å². The van der Waals surface area contributed by atoms with Crippen molar-refractivity contribution in [1.82, 2.24) is 20.2 Å². The molecule has 8 nitrogen and oxygen atoms in total. The highest BCUT2D eigenvalue weighted by Crippen LogP contribution is 2.46. The van der Waals surface area contributed by atoms with Crippen molar-refractivity contribution in [3.05, 3.63) is 35.8 Å². The normalized spacial score (nSPS) is 26.3. The maximum Gasteiger partial charge on any atom is 0.246 e. The van der Waals surface area contributed by atoms with E-state index in [0.717, 1.165) is 50.2 Å². The van der Waals surface area contributed by atoms with Gasteiger partial charge < -0.3 is 25.3 Å². The summed E-state index contributed by atoms with van der Waals surface area (Å²) in [5.74, 6) is 1.15. The van der Waals surface area contributed by atoms with Crippen molar-refractivity contribution in [3.8, 4) is 0 Å². The summed E-state index contributed by atoms with van der Waals surface area (Å²) < 4.78 is 15.1. The molecule has 9 heteroatoms. The second kappa shape index (κ2) is 8.62. The van der Waals surface area contributed by atoms with Crippen LogP contribution in [-0.2, 0) is 11.2 Å². The molecular formula is C26H34FN7O. The number of nitrogens with one attached hydrogen (secondary N) is 2. The Morgan fingerprint density at radius 1 is 1.23 bits per heavy atom. The van der Waals surface area contributed by atoms with E-state index in [2.05, 4.69) is 44.4 Å². The summed E-state index contributed by atoms with van der Waals surface area (Å²) in [6.45, 7) is 2.39.